The van der Waals surface area contributed by atoms with Crippen LogP contribution >= 0.6 is 0 Å². The summed E-state index contributed by atoms with van der Waals surface area (Å²) < 4.78 is 5.63. The molecule has 0 saturated carbocycles. The van der Waals surface area contributed by atoms with Crippen LogP contribution in [0.25, 0.3) is 0 Å². The molecule has 0 amide bonds. The summed E-state index contributed by atoms with van der Waals surface area (Å²) in [5.41, 5.74) is 8.07. The Kier molecular flexibility index (Phi) is 6.47. The van der Waals surface area contributed by atoms with Crippen molar-refractivity contribution in [2.75, 3.05) is 19.7 Å². The van der Waals surface area contributed by atoms with Gasteiger partial charge in [-0.25, -0.2) is 0 Å². The molecule has 3 nitrogen and oxygen atoms in total. The molecule has 0 aliphatic carbocycles. The first-order valence-corrected chi connectivity index (χ1v) is 6.48. The van der Waals surface area contributed by atoms with Crippen LogP contribution in [0.3, 0.4) is 0 Å². The average Bonchev–Trinajstić information content (AvgIpc) is 2.37. The van der Waals surface area contributed by atoms with E-state index in [0.717, 1.165) is 36.5 Å². The van der Waals surface area contributed by atoms with Crippen LogP contribution in [-0.2, 0) is 0 Å². The lowest BCUT2D eigenvalue weighted by Crippen LogP contribution is -2.29. The Bertz CT molecular complexity index is 377. The number of benzene rings is 1. The van der Waals surface area contributed by atoms with E-state index in [9.17, 15) is 0 Å². The second-order valence-electron chi connectivity index (χ2n) is 4.55. The minimum atomic E-state index is 0.145. The van der Waals surface area contributed by atoms with Crippen molar-refractivity contribution in [1.82, 2.24) is 5.32 Å². The van der Waals surface area contributed by atoms with Crippen molar-refractivity contribution in [2.24, 2.45) is 5.73 Å². The van der Waals surface area contributed by atoms with E-state index in [2.05, 4.69) is 31.0 Å². The molecule has 0 aliphatic heterocycles. The Labute approximate surface area is 110 Å². The molecule has 0 fully saturated rings. The molecule has 0 spiro atoms. The monoisotopic (exact) mass is 248 g/mol. The molecular formula is C15H24N2O. The highest BCUT2D eigenvalue weighted by atomic mass is 16.5. The van der Waals surface area contributed by atoms with Crippen LogP contribution in [0.15, 0.2) is 36.4 Å². The molecule has 1 atom stereocenters. The van der Waals surface area contributed by atoms with Gasteiger partial charge in [-0.15, -0.1) is 0 Å². The summed E-state index contributed by atoms with van der Waals surface area (Å²) in [5, 5.41) is 3.39. The van der Waals surface area contributed by atoms with E-state index in [1.807, 2.05) is 19.1 Å². The van der Waals surface area contributed by atoms with Crippen LogP contribution in [-0.4, -0.2) is 19.7 Å². The number of nitrogens with one attached hydrogen (secondary N) is 1. The Balaban J connectivity index is 2.69. The summed E-state index contributed by atoms with van der Waals surface area (Å²) in [7, 11) is 0. The van der Waals surface area contributed by atoms with Crippen molar-refractivity contribution in [2.45, 2.75) is 26.3 Å². The minimum Gasteiger partial charge on any atom is -0.494 e. The maximum Gasteiger partial charge on any atom is 0.119 e. The zero-order valence-electron chi connectivity index (χ0n) is 11.4. The van der Waals surface area contributed by atoms with Gasteiger partial charge >= 0.3 is 0 Å². The first-order valence-electron chi connectivity index (χ1n) is 6.48. The van der Waals surface area contributed by atoms with Crippen molar-refractivity contribution in [1.29, 1.82) is 0 Å². The lowest BCUT2D eigenvalue weighted by molar-refractivity contribution is 0.317. The van der Waals surface area contributed by atoms with Gasteiger partial charge in [-0.3, -0.25) is 0 Å². The average molecular weight is 248 g/mol. The lowest BCUT2D eigenvalue weighted by Gasteiger charge is -2.18. The van der Waals surface area contributed by atoms with Gasteiger partial charge in [0, 0.05) is 19.1 Å². The van der Waals surface area contributed by atoms with Gasteiger partial charge in [-0.1, -0.05) is 31.2 Å². The van der Waals surface area contributed by atoms with Gasteiger partial charge in [-0.05, 0) is 31.0 Å². The first-order chi connectivity index (χ1) is 8.67. The molecular weight excluding hydrogens is 224 g/mol. The molecule has 0 radical (unpaired) electrons. The zero-order chi connectivity index (χ0) is 13.4. The van der Waals surface area contributed by atoms with Gasteiger partial charge in [0.05, 0.1) is 6.61 Å². The maximum atomic E-state index is 5.81. The van der Waals surface area contributed by atoms with Crippen molar-refractivity contribution < 1.29 is 4.74 Å². The van der Waals surface area contributed by atoms with Gasteiger partial charge in [0.1, 0.15) is 5.75 Å². The summed E-state index contributed by atoms with van der Waals surface area (Å²) >= 11 is 0. The van der Waals surface area contributed by atoms with E-state index in [1.165, 1.54) is 0 Å². The Morgan fingerprint density at radius 1 is 1.50 bits per heavy atom. The SMILES string of the molecule is C=C(C)CNC(CN)c1cccc(OCCC)c1. The van der Waals surface area contributed by atoms with Crippen LogP contribution < -0.4 is 15.8 Å². The van der Waals surface area contributed by atoms with Gasteiger partial charge in [0.2, 0.25) is 0 Å². The molecule has 100 valence electrons. The molecule has 0 saturated heterocycles. The second kappa shape index (κ2) is 7.90. The molecule has 18 heavy (non-hydrogen) atoms. The normalized spacial score (nSPS) is 12.2. The predicted octanol–water partition coefficient (Wildman–Crippen LogP) is 2.64. The molecule has 1 aromatic rings. The molecule has 0 aliphatic rings. The second-order valence-corrected chi connectivity index (χ2v) is 4.55. The Hall–Kier alpha value is -1.32. The molecule has 1 unspecified atom stereocenters. The van der Waals surface area contributed by atoms with E-state index in [4.69, 9.17) is 10.5 Å². The summed E-state index contributed by atoms with van der Waals surface area (Å²) in [4.78, 5) is 0. The largest absolute Gasteiger partial charge is 0.494 e. The fourth-order valence-corrected chi connectivity index (χ4v) is 1.68. The topological polar surface area (TPSA) is 47.3 Å². The third kappa shape index (κ3) is 4.90. The minimum absolute atomic E-state index is 0.145. The van der Waals surface area contributed by atoms with E-state index in [0.29, 0.717) is 6.54 Å². The molecule has 0 aromatic heterocycles. The Morgan fingerprint density at radius 2 is 2.28 bits per heavy atom. The zero-order valence-corrected chi connectivity index (χ0v) is 11.4. The summed E-state index contributed by atoms with van der Waals surface area (Å²) in [6, 6.07) is 8.25. The van der Waals surface area contributed by atoms with E-state index >= 15 is 0 Å². The molecule has 0 heterocycles. The number of hydrogen-bond acceptors (Lipinski definition) is 3. The lowest BCUT2D eigenvalue weighted by atomic mass is 10.1. The van der Waals surface area contributed by atoms with Gasteiger partial charge in [0.25, 0.3) is 0 Å². The third-order valence-corrected chi connectivity index (χ3v) is 2.62. The van der Waals surface area contributed by atoms with Crippen LogP contribution in [0.2, 0.25) is 0 Å². The fraction of sp³-hybridized carbons (Fsp3) is 0.467. The predicted molar refractivity (Wildman–Crippen MR) is 76.8 cm³/mol. The van der Waals surface area contributed by atoms with Crippen molar-refractivity contribution in [3.63, 3.8) is 0 Å². The number of rotatable bonds is 8. The maximum absolute atomic E-state index is 5.81. The van der Waals surface area contributed by atoms with Crippen molar-refractivity contribution in [3.8, 4) is 5.75 Å². The van der Waals surface area contributed by atoms with Gasteiger partial charge < -0.3 is 15.8 Å². The molecule has 0 bridgehead atoms. The van der Waals surface area contributed by atoms with E-state index in [1.54, 1.807) is 0 Å². The molecule has 1 aromatic carbocycles. The standard InChI is InChI=1S/C15H24N2O/c1-4-8-18-14-7-5-6-13(9-14)15(10-16)17-11-12(2)3/h5-7,9,15,17H,2,4,8,10-11,16H2,1,3H3. The number of nitrogens with two attached hydrogens (primary N) is 1. The third-order valence-electron chi connectivity index (χ3n) is 2.62. The summed E-state index contributed by atoms with van der Waals surface area (Å²) in [6.45, 7) is 10.1. The van der Waals surface area contributed by atoms with E-state index in [-0.39, 0.29) is 6.04 Å². The highest BCUT2D eigenvalue weighted by molar-refractivity contribution is 5.31. The first kappa shape index (κ1) is 14.7. The fourth-order valence-electron chi connectivity index (χ4n) is 1.68. The van der Waals surface area contributed by atoms with Crippen LogP contribution in [0.5, 0.6) is 5.75 Å². The quantitative estimate of drug-likeness (QED) is 0.695. The van der Waals surface area contributed by atoms with Crippen LogP contribution in [0, 0.1) is 0 Å². The molecule has 3 heteroatoms. The summed E-state index contributed by atoms with van der Waals surface area (Å²) in [6.07, 6.45) is 1.01. The van der Waals surface area contributed by atoms with Gasteiger partial charge in [-0.2, -0.15) is 0 Å². The number of ether oxygens (including phenoxy) is 1. The van der Waals surface area contributed by atoms with Crippen LogP contribution in [0.4, 0.5) is 0 Å². The van der Waals surface area contributed by atoms with Crippen LogP contribution in [0.1, 0.15) is 31.9 Å². The molecule has 1 rings (SSSR count). The van der Waals surface area contributed by atoms with E-state index < -0.39 is 0 Å². The highest BCUT2D eigenvalue weighted by Gasteiger charge is 2.09. The van der Waals surface area contributed by atoms with Crippen molar-refractivity contribution in [3.05, 3.63) is 42.0 Å². The highest BCUT2D eigenvalue weighted by Crippen LogP contribution is 2.19. The number of hydrogen-bond donors (Lipinski definition) is 2. The van der Waals surface area contributed by atoms with Gasteiger partial charge in [0.15, 0.2) is 0 Å². The Morgan fingerprint density at radius 3 is 2.89 bits per heavy atom. The smallest absolute Gasteiger partial charge is 0.119 e. The van der Waals surface area contributed by atoms with Crippen molar-refractivity contribution >= 4 is 0 Å². The molecule has 3 N–H and O–H groups in total. The summed E-state index contributed by atoms with van der Waals surface area (Å²) in [5.74, 6) is 0.907.